The Morgan fingerprint density at radius 2 is 1.80 bits per heavy atom. The zero-order valence-electron chi connectivity index (χ0n) is 16.9. The van der Waals surface area contributed by atoms with E-state index in [9.17, 15) is 4.79 Å². The van der Waals surface area contributed by atoms with Gasteiger partial charge in [0, 0.05) is 46.8 Å². The van der Waals surface area contributed by atoms with Crippen LogP contribution in [0, 0.1) is 5.41 Å². The van der Waals surface area contributed by atoms with Crippen LogP contribution in [-0.4, -0.2) is 75.0 Å². The van der Waals surface area contributed by atoms with Crippen molar-refractivity contribution in [3.05, 3.63) is 0 Å². The van der Waals surface area contributed by atoms with Crippen molar-refractivity contribution in [3.8, 4) is 0 Å². The highest BCUT2D eigenvalue weighted by Crippen LogP contribution is 2.38. The average molecular weight is 467 g/mol. The number of carbonyl (C=O) groups is 1. The van der Waals surface area contributed by atoms with Crippen LogP contribution >= 0.6 is 24.0 Å². The fourth-order valence-electron chi connectivity index (χ4n) is 3.57. The molecule has 1 amide bonds. The van der Waals surface area contributed by atoms with Crippen LogP contribution in [0.5, 0.6) is 0 Å². The van der Waals surface area contributed by atoms with E-state index in [0.717, 1.165) is 51.3 Å². The minimum Gasteiger partial charge on any atom is -0.355 e. The van der Waals surface area contributed by atoms with Gasteiger partial charge in [-0.3, -0.25) is 14.7 Å². The van der Waals surface area contributed by atoms with Gasteiger partial charge in [-0.25, -0.2) is 0 Å². The summed E-state index contributed by atoms with van der Waals surface area (Å²) in [7, 11) is 5.48. The molecule has 1 rings (SSSR count). The van der Waals surface area contributed by atoms with Gasteiger partial charge in [-0.15, -0.1) is 24.0 Å². The lowest BCUT2D eigenvalue weighted by Crippen LogP contribution is -2.50. The van der Waals surface area contributed by atoms with Gasteiger partial charge in [-0.1, -0.05) is 19.8 Å². The van der Waals surface area contributed by atoms with Crippen molar-refractivity contribution in [1.82, 2.24) is 20.4 Å². The summed E-state index contributed by atoms with van der Waals surface area (Å²) < 4.78 is 0. The Labute approximate surface area is 171 Å². The number of rotatable bonds is 8. The molecular weight excluding hydrogens is 429 g/mol. The number of carbonyl (C=O) groups excluding carboxylic acids is 1. The highest BCUT2D eigenvalue weighted by Gasteiger charge is 2.42. The molecule has 0 aromatic carbocycles. The zero-order chi connectivity index (χ0) is 18.2. The maximum absolute atomic E-state index is 12.6. The molecule has 0 aromatic rings. The lowest BCUT2D eigenvalue weighted by Gasteiger charge is -2.31. The number of likely N-dealkylation sites (N-methyl/N-ethyl adjacent to an activating group) is 1. The zero-order valence-corrected chi connectivity index (χ0v) is 19.2. The molecule has 0 unspecified atom stereocenters. The predicted molar refractivity (Wildman–Crippen MR) is 117 cm³/mol. The molecule has 2 N–H and O–H groups in total. The van der Waals surface area contributed by atoms with Crippen LogP contribution in [0.3, 0.4) is 0 Å². The Balaban J connectivity index is 0.00000576. The van der Waals surface area contributed by atoms with Crippen molar-refractivity contribution in [2.24, 2.45) is 10.4 Å². The van der Waals surface area contributed by atoms with E-state index in [4.69, 9.17) is 0 Å². The van der Waals surface area contributed by atoms with Gasteiger partial charge in [-0.05, 0) is 33.2 Å². The molecule has 1 fully saturated rings. The second-order valence-corrected chi connectivity index (χ2v) is 7.26. The highest BCUT2D eigenvalue weighted by atomic mass is 127. The molecule has 1 saturated carbocycles. The number of aliphatic imine (C=N–C) groups is 1. The SMILES string of the molecule is CCN(CCNC(=NC)NCC1(C(=O)N(C)C)CCCC1)C(C)C.I. The monoisotopic (exact) mass is 467 g/mol. The smallest absolute Gasteiger partial charge is 0.230 e. The molecule has 0 spiro atoms. The molecule has 6 nitrogen and oxygen atoms in total. The van der Waals surface area contributed by atoms with E-state index >= 15 is 0 Å². The van der Waals surface area contributed by atoms with Crippen LogP contribution < -0.4 is 10.6 Å². The van der Waals surface area contributed by atoms with E-state index in [1.165, 1.54) is 0 Å². The Bertz CT molecular complexity index is 420. The van der Waals surface area contributed by atoms with Crippen molar-refractivity contribution in [3.63, 3.8) is 0 Å². The lowest BCUT2D eigenvalue weighted by atomic mass is 9.84. The second kappa shape index (κ2) is 11.9. The number of halogens is 1. The Morgan fingerprint density at radius 3 is 2.24 bits per heavy atom. The first-order valence-electron chi connectivity index (χ1n) is 9.26. The minimum absolute atomic E-state index is 0. The second-order valence-electron chi connectivity index (χ2n) is 7.26. The summed E-state index contributed by atoms with van der Waals surface area (Å²) in [4.78, 5) is 21.0. The van der Waals surface area contributed by atoms with Gasteiger partial charge in [0.05, 0.1) is 5.41 Å². The van der Waals surface area contributed by atoms with Crippen LogP contribution in [-0.2, 0) is 4.79 Å². The van der Waals surface area contributed by atoms with Gasteiger partial charge < -0.3 is 15.5 Å². The van der Waals surface area contributed by atoms with Crippen LogP contribution in [0.15, 0.2) is 4.99 Å². The summed E-state index contributed by atoms with van der Waals surface area (Å²) in [6.07, 6.45) is 4.19. The molecule has 1 aliphatic carbocycles. The first kappa shape index (κ1) is 24.4. The topological polar surface area (TPSA) is 60.0 Å². The van der Waals surface area contributed by atoms with Gasteiger partial charge in [-0.2, -0.15) is 0 Å². The molecule has 7 heteroatoms. The van der Waals surface area contributed by atoms with E-state index in [0.29, 0.717) is 12.6 Å². The van der Waals surface area contributed by atoms with Crippen molar-refractivity contribution in [2.45, 2.75) is 52.5 Å². The number of hydrogen-bond acceptors (Lipinski definition) is 3. The van der Waals surface area contributed by atoms with Crippen molar-refractivity contribution >= 4 is 35.8 Å². The number of guanidine groups is 1. The van der Waals surface area contributed by atoms with E-state index in [-0.39, 0.29) is 35.3 Å². The molecular formula is C18H38IN5O. The quantitative estimate of drug-likeness (QED) is 0.326. The molecule has 148 valence electrons. The molecule has 0 heterocycles. The van der Waals surface area contributed by atoms with E-state index < -0.39 is 0 Å². The normalized spacial score (nSPS) is 16.7. The van der Waals surface area contributed by atoms with Gasteiger partial charge in [0.15, 0.2) is 5.96 Å². The predicted octanol–water partition coefficient (Wildman–Crippen LogP) is 2.15. The first-order valence-corrected chi connectivity index (χ1v) is 9.26. The average Bonchev–Trinajstić information content (AvgIpc) is 3.03. The highest BCUT2D eigenvalue weighted by molar-refractivity contribution is 14.0. The largest absolute Gasteiger partial charge is 0.355 e. The maximum atomic E-state index is 12.6. The van der Waals surface area contributed by atoms with Gasteiger partial charge in [0.1, 0.15) is 0 Å². The minimum atomic E-state index is -0.269. The van der Waals surface area contributed by atoms with Gasteiger partial charge in [0.2, 0.25) is 5.91 Å². The fourth-order valence-corrected chi connectivity index (χ4v) is 3.57. The van der Waals surface area contributed by atoms with Gasteiger partial charge >= 0.3 is 0 Å². The molecule has 0 aliphatic heterocycles. The Hall–Kier alpha value is -0.570. The molecule has 0 bridgehead atoms. The Kier molecular flexibility index (Phi) is 11.7. The third kappa shape index (κ3) is 7.29. The van der Waals surface area contributed by atoms with Gasteiger partial charge in [0.25, 0.3) is 0 Å². The number of nitrogens with one attached hydrogen (secondary N) is 2. The van der Waals surface area contributed by atoms with Crippen LogP contribution in [0.1, 0.15) is 46.5 Å². The van der Waals surface area contributed by atoms with Crippen molar-refractivity contribution in [2.75, 3.05) is 47.3 Å². The summed E-state index contributed by atoms with van der Waals surface area (Å²) in [5.41, 5.74) is -0.269. The third-order valence-electron chi connectivity index (χ3n) is 5.07. The van der Waals surface area contributed by atoms with Crippen LogP contribution in [0.4, 0.5) is 0 Å². The molecule has 0 radical (unpaired) electrons. The lowest BCUT2D eigenvalue weighted by molar-refractivity contribution is -0.138. The standard InChI is InChI=1S/C18H37N5O.HI/c1-7-23(15(2)3)13-12-20-17(19-4)21-14-18(10-8-9-11-18)16(24)22(5)6;/h15H,7-14H2,1-6H3,(H2,19,20,21);1H. The van der Waals surface area contributed by atoms with E-state index in [1.54, 1.807) is 11.9 Å². The Morgan fingerprint density at radius 1 is 1.20 bits per heavy atom. The molecule has 1 aliphatic rings. The summed E-state index contributed by atoms with van der Waals surface area (Å²) in [6.45, 7) is 10.2. The number of amides is 1. The summed E-state index contributed by atoms with van der Waals surface area (Å²) >= 11 is 0. The number of hydrogen-bond donors (Lipinski definition) is 2. The maximum Gasteiger partial charge on any atom is 0.230 e. The summed E-state index contributed by atoms with van der Waals surface area (Å²) in [5.74, 6) is 1.02. The first-order chi connectivity index (χ1) is 11.4. The van der Waals surface area contributed by atoms with Crippen molar-refractivity contribution < 1.29 is 4.79 Å². The number of nitrogens with zero attached hydrogens (tertiary/aromatic N) is 3. The third-order valence-corrected chi connectivity index (χ3v) is 5.07. The van der Waals surface area contributed by atoms with Crippen LogP contribution in [0.2, 0.25) is 0 Å². The molecule has 25 heavy (non-hydrogen) atoms. The molecule has 0 atom stereocenters. The summed E-state index contributed by atoms with van der Waals surface area (Å²) in [6, 6.07) is 0.547. The fraction of sp³-hybridized carbons (Fsp3) is 0.889. The molecule has 0 aromatic heterocycles. The van der Waals surface area contributed by atoms with Crippen LogP contribution in [0.25, 0.3) is 0 Å². The van der Waals surface area contributed by atoms with E-state index in [2.05, 4.69) is 41.3 Å². The summed E-state index contributed by atoms with van der Waals surface area (Å²) in [5, 5.41) is 6.75. The molecule has 0 saturated heterocycles. The van der Waals surface area contributed by atoms with Crippen molar-refractivity contribution in [1.29, 1.82) is 0 Å². The van der Waals surface area contributed by atoms with E-state index in [1.807, 2.05) is 14.1 Å².